The van der Waals surface area contributed by atoms with Crippen LogP contribution in [0.25, 0.3) is 16.7 Å². The van der Waals surface area contributed by atoms with E-state index in [4.69, 9.17) is 0 Å². The first-order valence-corrected chi connectivity index (χ1v) is 9.50. The van der Waals surface area contributed by atoms with Crippen molar-refractivity contribution in [2.75, 3.05) is 6.54 Å². The summed E-state index contributed by atoms with van der Waals surface area (Å²) in [4.78, 5) is 17.2. The van der Waals surface area contributed by atoms with Crippen molar-refractivity contribution in [1.29, 1.82) is 0 Å². The monoisotopic (exact) mass is 369 g/mol. The van der Waals surface area contributed by atoms with E-state index in [1.54, 1.807) is 0 Å². The predicted octanol–water partition coefficient (Wildman–Crippen LogP) is 4.61. The Bertz CT molecular complexity index is 1130. The summed E-state index contributed by atoms with van der Waals surface area (Å²) in [6.07, 6.45) is 0.815. The van der Waals surface area contributed by atoms with Crippen LogP contribution in [-0.2, 0) is 6.42 Å². The molecule has 1 amide bonds. The first kappa shape index (κ1) is 18.0. The van der Waals surface area contributed by atoms with Gasteiger partial charge in [0.15, 0.2) is 0 Å². The molecule has 0 spiro atoms. The van der Waals surface area contributed by atoms with E-state index in [2.05, 4.69) is 52.1 Å². The first-order valence-electron chi connectivity index (χ1n) is 9.50. The van der Waals surface area contributed by atoms with Crippen LogP contribution in [0.15, 0.2) is 72.8 Å². The van der Waals surface area contributed by atoms with E-state index >= 15 is 0 Å². The highest BCUT2D eigenvalue weighted by Gasteiger charge is 2.12. The fraction of sp³-hybridized carbons (Fsp3) is 0.167. The summed E-state index contributed by atoms with van der Waals surface area (Å²) in [5, 5.41) is 3.00. The van der Waals surface area contributed by atoms with Crippen molar-refractivity contribution in [1.82, 2.24) is 14.9 Å². The molecule has 0 radical (unpaired) electrons. The molecule has 4 heteroatoms. The molecule has 0 atom stereocenters. The predicted molar refractivity (Wildman–Crippen MR) is 113 cm³/mol. The van der Waals surface area contributed by atoms with E-state index < -0.39 is 0 Å². The van der Waals surface area contributed by atoms with Crippen molar-refractivity contribution in [3.8, 4) is 5.69 Å². The SMILES string of the molecule is Cc1cccc(-n2c(C)nc3cc(C(=O)NCCc4ccccc4)ccc32)c1. The summed E-state index contributed by atoms with van der Waals surface area (Å²) in [6, 6.07) is 24.2. The topological polar surface area (TPSA) is 46.9 Å². The van der Waals surface area contributed by atoms with Gasteiger partial charge in [-0.2, -0.15) is 0 Å². The minimum atomic E-state index is -0.0689. The normalized spacial score (nSPS) is 10.9. The zero-order valence-corrected chi connectivity index (χ0v) is 16.1. The molecular weight excluding hydrogens is 346 g/mol. The molecule has 3 aromatic carbocycles. The number of nitrogens with one attached hydrogen (secondary N) is 1. The number of nitrogens with zero attached hydrogens (tertiary/aromatic N) is 2. The Kier molecular flexibility index (Phi) is 4.94. The minimum absolute atomic E-state index is 0.0689. The third kappa shape index (κ3) is 3.67. The van der Waals surface area contributed by atoms with Gasteiger partial charge in [-0.3, -0.25) is 9.36 Å². The molecule has 1 aromatic heterocycles. The molecule has 0 aliphatic carbocycles. The fourth-order valence-corrected chi connectivity index (χ4v) is 3.50. The standard InChI is InChI=1S/C24H23N3O/c1-17-7-6-10-21(15-17)27-18(2)26-22-16-20(11-12-23(22)27)24(28)25-14-13-19-8-4-3-5-9-19/h3-12,15-16H,13-14H2,1-2H3,(H,25,28). The molecule has 4 rings (SSSR count). The van der Waals surface area contributed by atoms with Crippen molar-refractivity contribution in [3.05, 3.63) is 95.3 Å². The van der Waals surface area contributed by atoms with Gasteiger partial charge in [0.1, 0.15) is 5.82 Å². The minimum Gasteiger partial charge on any atom is -0.352 e. The van der Waals surface area contributed by atoms with Crippen molar-refractivity contribution < 1.29 is 4.79 Å². The molecule has 4 aromatic rings. The van der Waals surface area contributed by atoms with Gasteiger partial charge in [-0.25, -0.2) is 4.98 Å². The van der Waals surface area contributed by atoms with Crippen molar-refractivity contribution in [3.63, 3.8) is 0 Å². The van der Waals surface area contributed by atoms with Gasteiger partial charge >= 0.3 is 0 Å². The highest BCUT2D eigenvalue weighted by atomic mass is 16.1. The molecule has 1 heterocycles. The molecule has 0 fully saturated rings. The molecule has 0 aliphatic heterocycles. The summed E-state index contributed by atoms with van der Waals surface area (Å²) in [6.45, 7) is 4.68. The van der Waals surface area contributed by atoms with E-state index in [9.17, 15) is 4.79 Å². The lowest BCUT2D eigenvalue weighted by Gasteiger charge is -2.08. The molecule has 140 valence electrons. The molecule has 28 heavy (non-hydrogen) atoms. The van der Waals surface area contributed by atoms with Crippen LogP contribution in [-0.4, -0.2) is 22.0 Å². The summed E-state index contributed by atoms with van der Waals surface area (Å²) < 4.78 is 2.12. The van der Waals surface area contributed by atoms with Crippen LogP contribution >= 0.6 is 0 Å². The van der Waals surface area contributed by atoms with E-state index in [0.717, 1.165) is 29.0 Å². The Morgan fingerprint density at radius 2 is 1.79 bits per heavy atom. The van der Waals surface area contributed by atoms with Crippen LogP contribution in [0, 0.1) is 13.8 Å². The third-order valence-corrected chi connectivity index (χ3v) is 4.89. The van der Waals surface area contributed by atoms with Crippen molar-refractivity contribution in [2.45, 2.75) is 20.3 Å². The Morgan fingerprint density at radius 3 is 2.57 bits per heavy atom. The lowest BCUT2D eigenvalue weighted by Crippen LogP contribution is -2.25. The van der Waals surface area contributed by atoms with Gasteiger partial charge in [0.25, 0.3) is 5.91 Å². The smallest absolute Gasteiger partial charge is 0.251 e. The molecule has 0 bridgehead atoms. The molecule has 4 nitrogen and oxygen atoms in total. The lowest BCUT2D eigenvalue weighted by atomic mass is 10.1. The maximum absolute atomic E-state index is 12.5. The van der Waals surface area contributed by atoms with Gasteiger partial charge in [0.2, 0.25) is 0 Å². The molecule has 0 aliphatic rings. The molecule has 0 unspecified atom stereocenters. The number of hydrogen-bond donors (Lipinski definition) is 1. The van der Waals surface area contributed by atoms with Crippen LogP contribution in [0.1, 0.15) is 27.3 Å². The Morgan fingerprint density at radius 1 is 0.964 bits per heavy atom. The Balaban J connectivity index is 1.54. The number of hydrogen-bond acceptors (Lipinski definition) is 2. The van der Waals surface area contributed by atoms with Gasteiger partial charge in [0, 0.05) is 17.8 Å². The molecule has 0 saturated heterocycles. The average molecular weight is 369 g/mol. The van der Waals surface area contributed by atoms with Crippen molar-refractivity contribution >= 4 is 16.9 Å². The summed E-state index contributed by atoms with van der Waals surface area (Å²) in [5.41, 5.74) is 5.96. The number of amides is 1. The largest absolute Gasteiger partial charge is 0.352 e. The summed E-state index contributed by atoms with van der Waals surface area (Å²) >= 11 is 0. The van der Waals surface area contributed by atoms with Crippen LogP contribution in [0.3, 0.4) is 0 Å². The van der Waals surface area contributed by atoms with Crippen LogP contribution in [0.2, 0.25) is 0 Å². The number of fused-ring (bicyclic) bond motifs is 1. The Hall–Kier alpha value is -3.40. The third-order valence-electron chi connectivity index (χ3n) is 4.89. The van der Waals surface area contributed by atoms with Gasteiger partial charge < -0.3 is 5.32 Å². The second-order valence-electron chi connectivity index (χ2n) is 7.03. The van der Waals surface area contributed by atoms with Crippen LogP contribution < -0.4 is 5.32 Å². The van der Waals surface area contributed by atoms with Gasteiger partial charge in [0.05, 0.1) is 11.0 Å². The first-order chi connectivity index (χ1) is 13.6. The van der Waals surface area contributed by atoms with Crippen molar-refractivity contribution in [2.24, 2.45) is 0 Å². The highest BCUT2D eigenvalue weighted by molar-refractivity contribution is 5.97. The van der Waals surface area contributed by atoms with Gasteiger partial charge in [-0.15, -0.1) is 0 Å². The van der Waals surface area contributed by atoms with E-state index in [-0.39, 0.29) is 5.91 Å². The summed E-state index contributed by atoms with van der Waals surface area (Å²) in [7, 11) is 0. The zero-order valence-electron chi connectivity index (χ0n) is 16.1. The number of rotatable bonds is 5. The number of benzene rings is 3. The Labute approximate surface area is 164 Å². The van der Waals surface area contributed by atoms with E-state index in [1.807, 2.05) is 49.4 Å². The van der Waals surface area contributed by atoms with Crippen LogP contribution in [0.5, 0.6) is 0 Å². The molecule has 1 N–H and O–H groups in total. The maximum Gasteiger partial charge on any atom is 0.251 e. The second-order valence-corrected chi connectivity index (χ2v) is 7.03. The number of imidazole rings is 1. The maximum atomic E-state index is 12.5. The lowest BCUT2D eigenvalue weighted by molar-refractivity contribution is 0.0954. The summed E-state index contributed by atoms with van der Waals surface area (Å²) in [5.74, 6) is 0.836. The highest BCUT2D eigenvalue weighted by Crippen LogP contribution is 2.23. The quantitative estimate of drug-likeness (QED) is 0.558. The fourth-order valence-electron chi connectivity index (χ4n) is 3.50. The van der Waals surface area contributed by atoms with Gasteiger partial charge in [-0.05, 0) is 61.7 Å². The second kappa shape index (κ2) is 7.69. The van der Waals surface area contributed by atoms with E-state index in [0.29, 0.717) is 12.1 Å². The number of carbonyl (C=O) groups excluding carboxylic acids is 1. The zero-order chi connectivity index (χ0) is 19.5. The molecular formula is C24H23N3O. The van der Waals surface area contributed by atoms with Gasteiger partial charge in [-0.1, -0.05) is 42.5 Å². The number of aryl methyl sites for hydroxylation is 2. The number of aromatic nitrogens is 2. The molecule has 0 saturated carbocycles. The van der Waals surface area contributed by atoms with E-state index in [1.165, 1.54) is 11.1 Å². The average Bonchev–Trinajstić information content (AvgIpc) is 3.03. The number of carbonyl (C=O) groups is 1. The van der Waals surface area contributed by atoms with Crippen LogP contribution in [0.4, 0.5) is 0 Å².